The SMILES string of the molecule is CC(=O)Cc1nsc(NC(=O)C2CCCCC2)n1. The first-order chi connectivity index (χ1) is 8.65. The van der Waals surface area contributed by atoms with E-state index in [0.717, 1.165) is 37.2 Å². The van der Waals surface area contributed by atoms with Crippen LogP contribution in [0.5, 0.6) is 0 Å². The number of carbonyl (C=O) groups excluding carboxylic acids is 2. The number of hydrogen-bond acceptors (Lipinski definition) is 5. The van der Waals surface area contributed by atoms with E-state index in [9.17, 15) is 9.59 Å². The van der Waals surface area contributed by atoms with Crippen molar-refractivity contribution in [3.8, 4) is 0 Å². The van der Waals surface area contributed by atoms with Crippen LogP contribution in [0.3, 0.4) is 0 Å². The highest BCUT2D eigenvalue weighted by atomic mass is 32.1. The minimum Gasteiger partial charge on any atom is -0.300 e. The predicted molar refractivity (Wildman–Crippen MR) is 69.5 cm³/mol. The largest absolute Gasteiger partial charge is 0.300 e. The zero-order valence-electron chi connectivity index (χ0n) is 10.4. The molecule has 0 unspecified atom stereocenters. The van der Waals surface area contributed by atoms with E-state index in [1.54, 1.807) is 0 Å². The molecule has 1 amide bonds. The first kappa shape index (κ1) is 13.1. The highest BCUT2D eigenvalue weighted by molar-refractivity contribution is 7.09. The van der Waals surface area contributed by atoms with Crippen molar-refractivity contribution < 1.29 is 9.59 Å². The Morgan fingerprint density at radius 1 is 1.33 bits per heavy atom. The summed E-state index contributed by atoms with van der Waals surface area (Å²) >= 11 is 1.14. The summed E-state index contributed by atoms with van der Waals surface area (Å²) in [6.45, 7) is 1.50. The molecule has 0 aromatic carbocycles. The summed E-state index contributed by atoms with van der Waals surface area (Å²) in [6.07, 6.45) is 5.64. The second kappa shape index (κ2) is 6.04. The van der Waals surface area contributed by atoms with Gasteiger partial charge in [0.2, 0.25) is 11.0 Å². The lowest BCUT2D eigenvalue weighted by Crippen LogP contribution is -2.24. The molecule has 2 rings (SSSR count). The van der Waals surface area contributed by atoms with Gasteiger partial charge in [-0.05, 0) is 19.8 Å². The minimum atomic E-state index is 0.0259. The summed E-state index contributed by atoms with van der Waals surface area (Å²) in [7, 11) is 0. The third-order valence-electron chi connectivity index (χ3n) is 3.08. The summed E-state index contributed by atoms with van der Waals surface area (Å²) in [6, 6.07) is 0. The van der Waals surface area contributed by atoms with Crippen molar-refractivity contribution in [3.63, 3.8) is 0 Å². The Bertz CT molecular complexity index is 438. The fraction of sp³-hybridized carbons (Fsp3) is 0.667. The Kier molecular flexibility index (Phi) is 4.41. The van der Waals surface area contributed by atoms with Gasteiger partial charge in [-0.3, -0.25) is 9.59 Å². The van der Waals surface area contributed by atoms with Crippen molar-refractivity contribution in [2.75, 3.05) is 5.32 Å². The summed E-state index contributed by atoms with van der Waals surface area (Å²) < 4.78 is 4.05. The number of aromatic nitrogens is 2. The number of carbonyl (C=O) groups is 2. The smallest absolute Gasteiger partial charge is 0.229 e. The lowest BCUT2D eigenvalue weighted by atomic mass is 9.89. The molecule has 1 aromatic rings. The number of anilines is 1. The second-order valence-electron chi connectivity index (χ2n) is 4.72. The molecule has 98 valence electrons. The molecule has 1 aliphatic carbocycles. The Morgan fingerprint density at radius 3 is 2.72 bits per heavy atom. The van der Waals surface area contributed by atoms with Crippen LogP contribution in [0.2, 0.25) is 0 Å². The average Bonchev–Trinajstić information content (AvgIpc) is 2.76. The normalized spacial score (nSPS) is 16.5. The molecule has 1 N–H and O–H groups in total. The Balaban J connectivity index is 1.90. The molecule has 0 spiro atoms. The van der Waals surface area contributed by atoms with E-state index in [0.29, 0.717) is 11.0 Å². The fourth-order valence-electron chi connectivity index (χ4n) is 2.17. The summed E-state index contributed by atoms with van der Waals surface area (Å²) in [4.78, 5) is 27.0. The van der Waals surface area contributed by atoms with Crippen molar-refractivity contribution in [1.29, 1.82) is 0 Å². The van der Waals surface area contributed by atoms with Crippen LogP contribution < -0.4 is 5.32 Å². The molecule has 1 heterocycles. The van der Waals surface area contributed by atoms with Gasteiger partial charge in [-0.2, -0.15) is 4.37 Å². The molecule has 1 aliphatic rings. The van der Waals surface area contributed by atoms with Gasteiger partial charge in [0, 0.05) is 17.5 Å². The van der Waals surface area contributed by atoms with Gasteiger partial charge in [-0.25, -0.2) is 4.98 Å². The maximum Gasteiger partial charge on any atom is 0.229 e. The van der Waals surface area contributed by atoms with Crippen LogP contribution in [0.25, 0.3) is 0 Å². The van der Waals surface area contributed by atoms with E-state index in [-0.39, 0.29) is 24.0 Å². The first-order valence-corrected chi connectivity index (χ1v) is 7.05. The molecule has 1 aromatic heterocycles. The van der Waals surface area contributed by atoms with Gasteiger partial charge >= 0.3 is 0 Å². The molecule has 6 heteroatoms. The Morgan fingerprint density at radius 2 is 2.06 bits per heavy atom. The molecule has 0 saturated heterocycles. The summed E-state index contributed by atoms with van der Waals surface area (Å²) in [5, 5.41) is 3.30. The van der Waals surface area contributed by atoms with Crippen LogP contribution in [-0.2, 0) is 16.0 Å². The van der Waals surface area contributed by atoms with Crippen LogP contribution >= 0.6 is 11.5 Å². The third-order valence-corrected chi connectivity index (χ3v) is 3.75. The van der Waals surface area contributed by atoms with Crippen molar-refractivity contribution >= 4 is 28.4 Å². The van der Waals surface area contributed by atoms with Gasteiger partial charge in [0.25, 0.3) is 0 Å². The maximum absolute atomic E-state index is 12.0. The Labute approximate surface area is 110 Å². The molecule has 5 nitrogen and oxygen atoms in total. The number of ketones is 1. The minimum absolute atomic E-state index is 0.0259. The molecule has 18 heavy (non-hydrogen) atoms. The Hall–Kier alpha value is -1.30. The van der Waals surface area contributed by atoms with E-state index in [2.05, 4.69) is 14.7 Å². The van der Waals surface area contributed by atoms with E-state index in [4.69, 9.17) is 0 Å². The monoisotopic (exact) mass is 267 g/mol. The van der Waals surface area contributed by atoms with Gasteiger partial charge < -0.3 is 5.32 Å². The van der Waals surface area contributed by atoms with Crippen molar-refractivity contribution in [1.82, 2.24) is 9.36 Å². The maximum atomic E-state index is 12.0. The molecule has 1 fully saturated rings. The predicted octanol–water partition coefficient (Wildman–Crippen LogP) is 2.19. The fourth-order valence-corrected chi connectivity index (χ4v) is 2.76. The topological polar surface area (TPSA) is 72.0 Å². The molecule has 0 aliphatic heterocycles. The molecular formula is C12H17N3O2S. The molecule has 0 radical (unpaired) electrons. The number of rotatable bonds is 4. The second-order valence-corrected chi connectivity index (χ2v) is 5.47. The first-order valence-electron chi connectivity index (χ1n) is 6.28. The van der Waals surface area contributed by atoms with E-state index >= 15 is 0 Å². The standard InChI is InChI=1S/C12H17N3O2S/c1-8(16)7-10-13-12(18-15-10)14-11(17)9-5-3-2-4-6-9/h9H,2-7H2,1H3,(H,13,14,15,17). The van der Waals surface area contributed by atoms with E-state index in [1.807, 2.05) is 0 Å². The van der Waals surface area contributed by atoms with Crippen LogP contribution in [0.15, 0.2) is 0 Å². The van der Waals surface area contributed by atoms with Gasteiger partial charge in [0.05, 0.1) is 6.42 Å². The van der Waals surface area contributed by atoms with E-state index < -0.39 is 0 Å². The number of hydrogen-bond donors (Lipinski definition) is 1. The number of nitrogens with one attached hydrogen (secondary N) is 1. The number of amides is 1. The van der Waals surface area contributed by atoms with Crippen molar-refractivity contribution in [3.05, 3.63) is 5.82 Å². The number of Topliss-reactive ketones (excluding diaryl/α,β-unsaturated/α-hetero) is 1. The summed E-state index contributed by atoms with van der Waals surface area (Å²) in [5.74, 6) is 0.670. The van der Waals surface area contributed by atoms with Crippen LogP contribution in [0.1, 0.15) is 44.9 Å². The molecular weight excluding hydrogens is 250 g/mol. The van der Waals surface area contributed by atoms with Crippen molar-refractivity contribution in [2.24, 2.45) is 5.92 Å². The average molecular weight is 267 g/mol. The zero-order valence-corrected chi connectivity index (χ0v) is 11.3. The van der Waals surface area contributed by atoms with Crippen LogP contribution in [-0.4, -0.2) is 21.0 Å². The highest BCUT2D eigenvalue weighted by Crippen LogP contribution is 2.25. The molecule has 0 atom stereocenters. The molecule has 0 bridgehead atoms. The lowest BCUT2D eigenvalue weighted by molar-refractivity contribution is -0.120. The lowest BCUT2D eigenvalue weighted by Gasteiger charge is -2.19. The van der Waals surface area contributed by atoms with Gasteiger partial charge in [-0.15, -0.1) is 0 Å². The zero-order chi connectivity index (χ0) is 13.0. The van der Waals surface area contributed by atoms with Crippen LogP contribution in [0.4, 0.5) is 5.13 Å². The number of nitrogens with zero attached hydrogens (tertiary/aromatic N) is 2. The van der Waals surface area contributed by atoms with Crippen LogP contribution in [0, 0.1) is 5.92 Å². The van der Waals surface area contributed by atoms with E-state index in [1.165, 1.54) is 13.3 Å². The third kappa shape index (κ3) is 3.60. The molecule has 1 saturated carbocycles. The summed E-state index contributed by atoms with van der Waals surface area (Å²) in [5.41, 5.74) is 0. The quantitative estimate of drug-likeness (QED) is 0.907. The van der Waals surface area contributed by atoms with Gasteiger partial charge in [0.1, 0.15) is 5.78 Å². The van der Waals surface area contributed by atoms with Crippen molar-refractivity contribution in [2.45, 2.75) is 45.4 Å². The highest BCUT2D eigenvalue weighted by Gasteiger charge is 2.22. The van der Waals surface area contributed by atoms with Gasteiger partial charge in [0.15, 0.2) is 5.82 Å². The van der Waals surface area contributed by atoms with Gasteiger partial charge in [-0.1, -0.05) is 19.3 Å².